The summed E-state index contributed by atoms with van der Waals surface area (Å²) in [6.45, 7) is 6.25. The van der Waals surface area contributed by atoms with Crippen LogP contribution in [-0.2, 0) is 10.0 Å². The number of pyridine rings is 1. The Morgan fingerprint density at radius 3 is 2.28 bits per heavy atom. The van der Waals surface area contributed by atoms with Crippen LogP contribution in [0.1, 0.15) is 11.1 Å². The molecule has 0 spiro atoms. The van der Waals surface area contributed by atoms with Gasteiger partial charge in [-0.3, -0.25) is 0 Å². The molecule has 0 bridgehead atoms. The predicted molar refractivity (Wildman–Crippen MR) is 115 cm³/mol. The van der Waals surface area contributed by atoms with Gasteiger partial charge < -0.3 is 9.64 Å². The number of anilines is 1. The predicted octanol–water partition coefficient (Wildman–Crippen LogP) is 3.37. The Balaban J connectivity index is 1.53. The van der Waals surface area contributed by atoms with E-state index in [1.165, 1.54) is 5.56 Å². The van der Waals surface area contributed by atoms with Crippen LogP contribution in [-0.4, -0.2) is 51.0 Å². The molecule has 3 aromatic rings. The third kappa shape index (κ3) is 3.68. The molecule has 0 radical (unpaired) electrons. The number of fused-ring (bicyclic) bond motifs is 1. The van der Waals surface area contributed by atoms with Crippen LogP contribution in [0.25, 0.3) is 10.9 Å². The van der Waals surface area contributed by atoms with E-state index in [9.17, 15) is 8.42 Å². The van der Waals surface area contributed by atoms with Gasteiger partial charge in [-0.1, -0.05) is 18.2 Å². The van der Waals surface area contributed by atoms with Crippen LogP contribution in [0.3, 0.4) is 0 Å². The van der Waals surface area contributed by atoms with Crippen molar-refractivity contribution >= 4 is 26.7 Å². The Hall–Kier alpha value is -2.64. The summed E-state index contributed by atoms with van der Waals surface area (Å²) in [5.74, 6) is 1.55. The number of hydrogen-bond acceptors (Lipinski definition) is 5. The Labute approximate surface area is 171 Å². The first-order valence-corrected chi connectivity index (χ1v) is 11.1. The summed E-state index contributed by atoms with van der Waals surface area (Å²) in [6.07, 6.45) is 0. The minimum Gasteiger partial charge on any atom is -0.497 e. The lowest BCUT2D eigenvalue weighted by molar-refractivity contribution is 0.383. The molecule has 6 nitrogen and oxygen atoms in total. The van der Waals surface area contributed by atoms with Gasteiger partial charge in [-0.15, -0.1) is 0 Å². The summed E-state index contributed by atoms with van der Waals surface area (Å²) < 4.78 is 32.6. The topological polar surface area (TPSA) is 62.7 Å². The summed E-state index contributed by atoms with van der Waals surface area (Å²) in [5, 5.41) is 1.16. The van der Waals surface area contributed by atoms with Gasteiger partial charge in [-0.25, -0.2) is 13.4 Å². The van der Waals surface area contributed by atoms with Gasteiger partial charge in [0, 0.05) is 31.6 Å². The van der Waals surface area contributed by atoms with E-state index in [1.54, 1.807) is 35.7 Å². The average molecular weight is 412 g/mol. The Morgan fingerprint density at radius 2 is 1.62 bits per heavy atom. The zero-order valence-corrected chi connectivity index (χ0v) is 17.7. The minimum absolute atomic E-state index is 0.294. The summed E-state index contributed by atoms with van der Waals surface area (Å²) in [6, 6.07) is 14.8. The molecule has 152 valence electrons. The van der Waals surface area contributed by atoms with Crippen molar-refractivity contribution in [2.45, 2.75) is 18.7 Å². The van der Waals surface area contributed by atoms with Crippen molar-refractivity contribution in [3.63, 3.8) is 0 Å². The van der Waals surface area contributed by atoms with E-state index < -0.39 is 10.0 Å². The number of rotatable bonds is 4. The highest BCUT2D eigenvalue weighted by atomic mass is 32.2. The molecular weight excluding hydrogens is 386 g/mol. The van der Waals surface area contributed by atoms with Gasteiger partial charge in [0.15, 0.2) is 0 Å². The number of para-hydroxylation sites is 1. The molecule has 2 heterocycles. The largest absolute Gasteiger partial charge is 0.497 e. The monoisotopic (exact) mass is 411 g/mol. The highest BCUT2D eigenvalue weighted by molar-refractivity contribution is 7.89. The molecule has 29 heavy (non-hydrogen) atoms. The van der Waals surface area contributed by atoms with Crippen molar-refractivity contribution in [3.05, 3.63) is 59.7 Å². The normalized spacial score (nSPS) is 15.6. The van der Waals surface area contributed by atoms with Crippen molar-refractivity contribution < 1.29 is 13.2 Å². The molecule has 7 heteroatoms. The fraction of sp³-hybridized carbons (Fsp3) is 0.318. The number of nitrogens with zero attached hydrogens (tertiary/aromatic N) is 3. The van der Waals surface area contributed by atoms with Crippen molar-refractivity contribution in [1.82, 2.24) is 9.29 Å². The lowest BCUT2D eigenvalue weighted by Crippen LogP contribution is -2.48. The number of aryl methyl sites for hydroxylation is 2. The van der Waals surface area contributed by atoms with Crippen molar-refractivity contribution in [3.8, 4) is 5.75 Å². The van der Waals surface area contributed by atoms with Gasteiger partial charge in [0.25, 0.3) is 0 Å². The van der Waals surface area contributed by atoms with Gasteiger partial charge in [-0.05, 0) is 55.3 Å². The first-order chi connectivity index (χ1) is 13.9. The van der Waals surface area contributed by atoms with E-state index in [4.69, 9.17) is 9.72 Å². The van der Waals surface area contributed by atoms with E-state index in [-0.39, 0.29) is 0 Å². The maximum absolute atomic E-state index is 13.0. The zero-order valence-electron chi connectivity index (χ0n) is 16.9. The average Bonchev–Trinajstić information content (AvgIpc) is 2.74. The Morgan fingerprint density at radius 1 is 0.931 bits per heavy atom. The molecule has 4 rings (SSSR count). The zero-order chi connectivity index (χ0) is 20.6. The molecule has 1 saturated heterocycles. The van der Waals surface area contributed by atoms with Crippen LogP contribution in [0.5, 0.6) is 5.75 Å². The molecule has 1 aromatic heterocycles. The molecule has 1 fully saturated rings. The van der Waals surface area contributed by atoms with Crippen molar-refractivity contribution in [1.29, 1.82) is 0 Å². The summed E-state index contributed by atoms with van der Waals surface area (Å²) in [5.41, 5.74) is 3.34. The van der Waals surface area contributed by atoms with Crippen LogP contribution in [0, 0.1) is 13.8 Å². The second-order valence-corrected chi connectivity index (χ2v) is 9.27. The van der Waals surface area contributed by atoms with Gasteiger partial charge in [0.1, 0.15) is 11.6 Å². The van der Waals surface area contributed by atoms with Gasteiger partial charge in [-0.2, -0.15) is 4.31 Å². The molecule has 0 amide bonds. The van der Waals surface area contributed by atoms with Crippen LogP contribution < -0.4 is 9.64 Å². The Bertz CT molecular complexity index is 1140. The van der Waals surface area contributed by atoms with Gasteiger partial charge in [0.05, 0.1) is 17.5 Å². The number of aromatic nitrogens is 1. The molecule has 1 aliphatic heterocycles. The molecule has 0 saturated carbocycles. The highest BCUT2D eigenvalue weighted by Crippen LogP contribution is 2.26. The lowest BCUT2D eigenvalue weighted by Gasteiger charge is -2.35. The number of sulfonamides is 1. The third-order valence-electron chi connectivity index (χ3n) is 5.49. The Kier molecular flexibility index (Phi) is 5.19. The van der Waals surface area contributed by atoms with E-state index in [0.29, 0.717) is 36.8 Å². The van der Waals surface area contributed by atoms with Gasteiger partial charge >= 0.3 is 0 Å². The van der Waals surface area contributed by atoms with E-state index in [1.807, 2.05) is 0 Å². The minimum atomic E-state index is -3.51. The van der Waals surface area contributed by atoms with Crippen LogP contribution in [0.2, 0.25) is 0 Å². The maximum Gasteiger partial charge on any atom is 0.243 e. The van der Waals surface area contributed by atoms with E-state index in [2.05, 4.69) is 43.0 Å². The lowest BCUT2D eigenvalue weighted by atomic mass is 10.1. The van der Waals surface area contributed by atoms with Gasteiger partial charge in [0.2, 0.25) is 10.0 Å². The first-order valence-electron chi connectivity index (χ1n) is 9.66. The second kappa shape index (κ2) is 7.65. The number of piperazine rings is 1. The fourth-order valence-corrected chi connectivity index (χ4v) is 5.18. The quantitative estimate of drug-likeness (QED) is 0.659. The van der Waals surface area contributed by atoms with Crippen LogP contribution in [0.15, 0.2) is 53.4 Å². The van der Waals surface area contributed by atoms with E-state index >= 15 is 0 Å². The fourth-order valence-electron chi connectivity index (χ4n) is 3.76. The number of benzene rings is 2. The third-order valence-corrected chi connectivity index (χ3v) is 7.41. The highest BCUT2D eigenvalue weighted by Gasteiger charge is 2.29. The smallest absolute Gasteiger partial charge is 0.243 e. The number of methoxy groups -OCH3 is 1. The van der Waals surface area contributed by atoms with Crippen molar-refractivity contribution in [2.24, 2.45) is 0 Å². The molecule has 0 unspecified atom stereocenters. The standard InChI is InChI=1S/C22H25N3O3S/c1-16-5-4-6-20-17(2)15-21(23-22(16)20)24-11-13-25(14-12-24)29(26,27)19-9-7-18(28-3)8-10-19/h4-10,15H,11-14H2,1-3H3. The molecule has 2 aromatic carbocycles. The summed E-state index contributed by atoms with van der Waals surface area (Å²) in [4.78, 5) is 7.33. The van der Waals surface area contributed by atoms with Crippen LogP contribution >= 0.6 is 0 Å². The van der Waals surface area contributed by atoms with E-state index in [0.717, 1.165) is 22.3 Å². The molecule has 0 N–H and O–H groups in total. The molecular formula is C22H25N3O3S. The molecule has 1 aliphatic rings. The summed E-state index contributed by atoms with van der Waals surface area (Å²) >= 11 is 0. The molecule has 0 aliphatic carbocycles. The van der Waals surface area contributed by atoms with Crippen molar-refractivity contribution in [2.75, 3.05) is 38.2 Å². The summed E-state index contributed by atoms with van der Waals surface area (Å²) in [7, 11) is -1.95. The SMILES string of the molecule is COc1ccc(S(=O)(=O)N2CCN(c3cc(C)c4cccc(C)c4n3)CC2)cc1. The van der Waals surface area contributed by atoms with Crippen LogP contribution in [0.4, 0.5) is 5.82 Å². The second-order valence-electron chi connectivity index (χ2n) is 7.34. The number of hydrogen-bond donors (Lipinski definition) is 0. The maximum atomic E-state index is 13.0. The number of ether oxygens (including phenoxy) is 1. The first kappa shape index (κ1) is 19.7. The molecule has 0 atom stereocenters.